The second-order valence-electron chi connectivity index (χ2n) is 4.48. The van der Waals surface area contributed by atoms with E-state index in [1.807, 2.05) is 30.8 Å². The molecule has 0 aliphatic rings. The van der Waals surface area contributed by atoms with E-state index in [2.05, 4.69) is 31.2 Å². The molecule has 0 saturated heterocycles. The maximum absolute atomic E-state index is 11.2. The molecule has 0 saturated carbocycles. The number of imidazole rings is 1. The number of H-pyrrole nitrogens is 1. The molecule has 0 aliphatic heterocycles. The van der Waals surface area contributed by atoms with Crippen LogP contribution >= 0.6 is 15.9 Å². The third kappa shape index (κ3) is 2.08. The van der Waals surface area contributed by atoms with Gasteiger partial charge in [0.25, 0.3) is 0 Å². The highest BCUT2D eigenvalue weighted by Gasteiger charge is 2.15. The first-order valence-corrected chi connectivity index (χ1v) is 6.88. The molecule has 20 heavy (non-hydrogen) atoms. The van der Waals surface area contributed by atoms with Crippen molar-refractivity contribution in [3.05, 3.63) is 39.2 Å². The van der Waals surface area contributed by atoms with Gasteiger partial charge in [-0.15, -0.1) is 0 Å². The number of rotatable bonds is 3. The number of nitrogens with one attached hydrogen (secondary N) is 2. The standard InChI is InChI=1S/C13H13BrN4O2/c1-15-6-10-17-12(14)11(18(10)2)7-3-4-9-8(5-7)16-13(19)20-9/h3-5,15H,6H2,1-2H3,(H,16,19). The topological polar surface area (TPSA) is 75.8 Å². The van der Waals surface area contributed by atoms with Crippen LogP contribution in [0.4, 0.5) is 0 Å². The summed E-state index contributed by atoms with van der Waals surface area (Å²) in [5.41, 5.74) is 3.14. The Balaban J connectivity index is 2.17. The molecule has 0 amide bonds. The summed E-state index contributed by atoms with van der Waals surface area (Å²) in [5, 5.41) is 3.08. The van der Waals surface area contributed by atoms with Crippen LogP contribution < -0.4 is 11.1 Å². The van der Waals surface area contributed by atoms with Gasteiger partial charge in [0.15, 0.2) is 5.58 Å². The maximum Gasteiger partial charge on any atom is 0.417 e. The Hall–Kier alpha value is -1.86. The second kappa shape index (κ2) is 4.92. The van der Waals surface area contributed by atoms with Crippen molar-refractivity contribution in [1.82, 2.24) is 19.9 Å². The van der Waals surface area contributed by atoms with Crippen LogP contribution in [0.2, 0.25) is 0 Å². The summed E-state index contributed by atoms with van der Waals surface area (Å²) in [7, 11) is 3.84. The van der Waals surface area contributed by atoms with Crippen molar-refractivity contribution < 1.29 is 4.42 Å². The molecule has 2 aromatic heterocycles. The third-order valence-electron chi connectivity index (χ3n) is 3.17. The molecule has 6 nitrogen and oxygen atoms in total. The van der Waals surface area contributed by atoms with Gasteiger partial charge >= 0.3 is 5.76 Å². The molecule has 0 radical (unpaired) electrons. The number of aromatic nitrogens is 3. The first kappa shape index (κ1) is 13.1. The molecule has 7 heteroatoms. The molecule has 2 N–H and O–H groups in total. The molecule has 0 atom stereocenters. The van der Waals surface area contributed by atoms with Gasteiger partial charge in [0.1, 0.15) is 10.4 Å². The van der Waals surface area contributed by atoms with Gasteiger partial charge in [-0.2, -0.15) is 0 Å². The lowest BCUT2D eigenvalue weighted by molar-refractivity contribution is 0.555. The highest BCUT2D eigenvalue weighted by Crippen LogP contribution is 2.30. The summed E-state index contributed by atoms with van der Waals surface area (Å²) >= 11 is 3.49. The molecular weight excluding hydrogens is 324 g/mol. The van der Waals surface area contributed by atoms with Gasteiger partial charge in [-0.1, -0.05) is 0 Å². The van der Waals surface area contributed by atoms with Crippen molar-refractivity contribution in [3.63, 3.8) is 0 Å². The van der Waals surface area contributed by atoms with E-state index in [4.69, 9.17) is 4.42 Å². The molecule has 3 rings (SSSR count). The van der Waals surface area contributed by atoms with Gasteiger partial charge < -0.3 is 14.3 Å². The van der Waals surface area contributed by atoms with Gasteiger partial charge in [0.05, 0.1) is 17.8 Å². The number of benzene rings is 1. The minimum atomic E-state index is -0.447. The Labute approximate surface area is 122 Å². The summed E-state index contributed by atoms with van der Waals surface area (Å²) in [5.74, 6) is 0.479. The Morgan fingerprint density at radius 1 is 1.50 bits per heavy atom. The smallest absolute Gasteiger partial charge is 0.408 e. The monoisotopic (exact) mass is 336 g/mol. The van der Waals surface area contributed by atoms with E-state index in [0.717, 1.165) is 21.7 Å². The largest absolute Gasteiger partial charge is 0.417 e. The van der Waals surface area contributed by atoms with Crippen molar-refractivity contribution in [2.45, 2.75) is 6.54 Å². The molecule has 2 heterocycles. The summed E-state index contributed by atoms with van der Waals surface area (Å²) in [6, 6.07) is 5.56. The van der Waals surface area contributed by atoms with Crippen LogP contribution in [0.3, 0.4) is 0 Å². The van der Waals surface area contributed by atoms with E-state index in [9.17, 15) is 4.79 Å². The lowest BCUT2D eigenvalue weighted by atomic mass is 10.1. The lowest BCUT2D eigenvalue weighted by Gasteiger charge is -2.06. The molecule has 0 spiro atoms. The number of hydrogen-bond donors (Lipinski definition) is 2. The average molecular weight is 337 g/mol. The maximum atomic E-state index is 11.2. The molecule has 0 fully saturated rings. The summed E-state index contributed by atoms with van der Waals surface area (Å²) in [6.07, 6.45) is 0. The fraction of sp³-hybridized carbons (Fsp3) is 0.231. The van der Waals surface area contributed by atoms with E-state index in [-0.39, 0.29) is 0 Å². The quantitative estimate of drug-likeness (QED) is 0.767. The molecule has 1 aromatic carbocycles. The van der Waals surface area contributed by atoms with Crippen LogP contribution in [0.1, 0.15) is 5.82 Å². The first-order valence-electron chi connectivity index (χ1n) is 6.09. The highest BCUT2D eigenvalue weighted by atomic mass is 79.9. The predicted molar refractivity (Wildman–Crippen MR) is 79.5 cm³/mol. The van der Waals surface area contributed by atoms with Crippen LogP contribution in [0, 0.1) is 0 Å². The Morgan fingerprint density at radius 3 is 3.05 bits per heavy atom. The van der Waals surface area contributed by atoms with E-state index in [0.29, 0.717) is 17.6 Å². The van der Waals surface area contributed by atoms with Crippen molar-refractivity contribution in [1.29, 1.82) is 0 Å². The molecule has 0 unspecified atom stereocenters. The van der Waals surface area contributed by atoms with E-state index < -0.39 is 5.76 Å². The van der Waals surface area contributed by atoms with Gasteiger partial charge in [-0.25, -0.2) is 9.78 Å². The third-order valence-corrected chi connectivity index (χ3v) is 3.73. The van der Waals surface area contributed by atoms with Crippen molar-refractivity contribution in [2.24, 2.45) is 7.05 Å². The Morgan fingerprint density at radius 2 is 2.30 bits per heavy atom. The van der Waals surface area contributed by atoms with E-state index >= 15 is 0 Å². The molecule has 104 valence electrons. The number of oxazole rings is 1. The number of halogens is 1. The Bertz CT molecular complexity index is 831. The van der Waals surface area contributed by atoms with E-state index in [1.165, 1.54) is 0 Å². The van der Waals surface area contributed by atoms with Crippen molar-refractivity contribution >= 4 is 27.0 Å². The average Bonchev–Trinajstić information content (AvgIpc) is 2.89. The van der Waals surface area contributed by atoms with E-state index in [1.54, 1.807) is 6.07 Å². The van der Waals surface area contributed by atoms with Gasteiger partial charge in [0, 0.05) is 12.6 Å². The summed E-state index contributed by atoms with van der Waals surface area (Å²) < 4.78 is 7.80. The summed E-state index contributed by atoms with van der Waals surface area (Å²) in [4.78, 5) is 18.3. The van der Waals surface area contributed by atoms with Crippen LogP contribution in [0.15, 0.2) is 32.0 Å². The van der Waals surface area contributed by atoms with Crippen LogP contribution in [-0.4, -0.2) is 21.6 Å². The van der Waals surface area contributed by atoms with Gasteiger partial charge in [-0.05, 0) is 41.2 Å². The van der Waals surface area contributed by atoms with Crippen LogP contribution in [0.25, 0.3) is 22.4 Å². The van der Waals surface area contributed by atoms with Gasteiger partial charge in [0.2, 0.25) is 0 Å². The van der Waals surface area contributed by atoms with Crippen LogP contribution in [0.5, 0.6) is 0 Å². The van der Waals surface area contributed by atoms with Crippen LogP contribution in [-0.2, 0) is 13.6 Å². The molecule has 3 aromatic rings. The number of fused-ring (bicyclic) bond motifs is 1. The number of hydrogen-bond acceptors (Lipinski definition) is 4. The SMILES string of the molecule is CNCc1nc(Br)c(-c2ccc3oc(=O)[nH]c3c2)n1C. The number of nitrogens with zero attached hydrogens (tertiary/aromatic N) is 2. The minimum absolute atomic E-state index is 0.447. The normalized spacial score (nSPS) is 11.3. The molecule has 0 bridgehead atoms. The Kier molecular flexibility index (Phi) is 3.23. The predicted octanol–water partition coefficient (Wildman–Crippen LogP) is 2.00. The second-order valence-corrected chi connectivity index (χ2v) is 5.23. The van der Waals surface area contributed by atoms with Gasteiger partial charge in [-0.3, -0.25) is 4.98 Å². The fourth-order valence-electron chi connectivity index (χ4n) is 2.24. The van der Waals surface area contributed by atoms with Crippen molar-refractivity contribution in [3.8, 4) is 11.3 Å². The zero-order valence-corrected chi connectivity index (χ0v) is 12.6. The zero-order chi connectivity index (χ0) is 14.3. The van der Waals surface area contributed by atoms with Crippen molar-refractivity contribution in [2.75, 3.05) is 7.05 Å². The molecular formula is C13H13BrN4O2. The first-order chi connectivity index (χ1) is 9.60. The zero-order valence-electron chi connectivity index (χ0n) is 11.0. The highest BCUT2D eigenvalue weighted by molar-refractivity contribution is 9.10. The lowest BCUT2D eigenvalue weighted by Crippen LogP contribution is -2.10. The molecule has 0 aliphatic carbocycles. The minimum Gasteiger partial charge on any atom is -0.408 e. The summed E-state index contributed by atoms with van der Waals surface area (Å²) in [6.45, 7) is 0.680. The number of aromatic amines is 1. The fourth-order valence-corrected chi connectivity index (χ4v) is 2.94.